The van der Waals surface area contributed by atoms with Crippen LogP contribution in [0, 0.1) is 5.82 Å². The van der Waals surface area contributed by atoms with E-state index in [-0.39, 0.29) is 0 Å². The minimum absolute atomic E-state index is 0.314. The van der Waals surface area contributed by atoms with E-state index in [1.165, 1.54) is 19.4 Å². The Hall–Kier alpha value is -1.40. The smallest absolute Gasteiger partial charge is 0.327 e. The molecule has 1 atom stereocenters. The highest BCUT2D eigenvalue weighted by Crippen LogP contribution is 2.31. The van der Waals surface area contributed by atoms with E-state index < -0.39 is 17.8 Å². The second-order valence-electron chi connectivity index (χ2n) is 3.52. The van der Waals surface area contributed by atoms with Crippen LogP contribution in [0.5, 0.6) is 0 Å². The number of hydrogen-bond donors (Lipinski definition) is 2. The van der Waals surface area contributed by atoms with E-state index in [1.54, 1.807) is 6.07 Å². The van der Waals surface area contributed by atoms with Crippen molar-refractivity contribution in [2.24, 2.45) is 5.73 Å². The zero-order chi connectivity index (χ0) is 12.6. The molecule has 1 aromatic heterocycles. The van der Waals surface area contributed by atoms with Gasteiger partial charge in [0, 0.05) is 21.6 Å². The third-order valence-corrected chi connectivity index (χ3v) is 3.22. The van der Waals surface area contributed by atoms with Crippen LogP contribution < -0.4 is 5.73 Å². The zero-order valence-corrected chi connectivity index (χ0v) is 10.5. The average molecular weight is 301 g/mol. The van der Waals surface area contributed by atoms with Gasteiger partial charge in [-0.1, -0.05) is 15.9 Å². The summed E-state index contributed by atoms with van der Waals surface area (Å²) >= 11 is 3.31. The molecule has 0 fully saturated rings. The van der Waals surface area contributed by atoms with Gasteiger partial charge in [-0.05, 0) is 12.1 Å². The number of esters is 1. The monoisotopic (exact) mass is 300 g/mol. The highest BCUT2D eigenvalue weighted by Gasteiger charge is 2.22. The molecule has 0 aliphatic carbocycles. The summed E-state index contributed by atoms with van der Waals surface area (Å²) in [6, 6.07) is 1.96. The molecule has 1 aromatic carbocycles. The minimum Gasteiger partial charge on any atom is -0.468 e. The van der Waals surface area contributed by atoms with E-state index in [1.807, 2.05) is 0 Å². The normalized spacial score (nSPS) is 12.7. The third kappa shape index (κ3) is 1.94. The maximum Gasteiger partial charge on any atom is 0.327 e. The van der Waals surface area contributed by atoms with Gasteiger partial charge in [0.05, 0.1) is 12.6 Å². The molecule has 0 aliphatic rings. The minimum atomic E-state index is -0.938. The Morgan fingerprint density at radius 3 is 2.94 bits per heavy atom. The Balaban J connectivity index is 2.64. The summed E-state index contributed by atoms with van der Waals surface area (Å²) in [5.41, 5.74) is 6.55. The highest BCUT2D eigenvalue weighted by molar-refractivity contribution is 9.10. The van der Waals surface area contributed by atoms with Gasteiger partial charge in [-0.25, -0.2) is 4.39 Å². The largest absolute Gasteiger partial charge is 0.468 e. The molecule has 2 aromatic rings. The van der Waals surface area contributed by atoms with Crippen LogP contribution in [0.3, 0.4) is 0 Å². The molecule has 0 radical (unpaired) electrons. The lowest BCUT2D eigenvalue weighted by Crippen LogP contribution is -2.22. The number of aromatic nitrogens is 1. The van der Waals surface area contributed by atoms with E-state index in [4.69, 9.17) is 5.73 Å². The number of carbonyl (C=O) groups excluding carboxylic acids is 1. The van der Waals surface area contributed by atoms with E-state index >= 15 is 0 Å². The fraction of sp³-hybridized carbons (Fsp3) is 0.182. The van der Waals surface area contributed by atoms with Crippen molar-refractivity contribution in [1.82, 2.24) is 4.98 Å². The lowest BCUT2D eigenvalue weighted by molar-refractivity contribution is -0.142. The van der Waals surface area contributed by atoms with Gasteiger partial charge in [0.25, 0.3) is 0 Å². The molecule has 6 heteroatoms. The fourth-order valence-corrected chi connectivity index (χ4v) is 2.26. The first-order valence-electron chi connectivity index (χ1n) is 4.84. The van der Waals surface area contributed by atoms with Gasteiger partial charge >= 0.3 is 5.97 Å². The second kappa shape index (κ2) is 4.46. The molecule has 4 nitrogen and oxygen atoms in total. The lowest BCUT2D eigenvalue weighted by Gasteiger charge is -2.08. The number of nitrogens with two attached hydrogens (primary N) is 1. The SMILES string of the molecule is COC(=O)C(N)c1c[nH]c2c(F)ccc(Br)c12. The standard InChI is InChI=1S/C11H10BrFN2O2/c1-17-11(16)9(14)5-4-15-10-7(13)3-2-6(12)8(5)10/h2-4,9,15H,14H2,1H3. The number of rotatable bonds is 2. The molecule has 0 aliphatic heterocycles. The quantitative estimate of drug-likeness (QED) is 0.836. The summed E-state index contributed by atoms with van der Waals surface area (Å²) in [6.45, 7) is 0. The molecule has 1 unspecified atom stereocenters. The van der Waals surface area contributed by atoms with Crippen LogP contribution in [0.1, 0.15) is 11.6 Å². The summed E-state index contributed by atoms with van der Waals surface area (Å²) in [7, 11) is 1.26. The summed E-state index contributed by atoms with van der Waals surface area (Å²) < 4.78 is 18.8. The number of nitrogens with one attached hydrogen (secondary N) is 1. The number of aromatic amines is 1. The summed E-state index contributed by atoms with van der Waals surface area (Å²) in [6.07, 6.45) is 1.51. The Morgan fingerprint density at radius 2 is 2.29 bits per heavy atom. The number of H-pyrrole nitrogens is 1. The second-order valence-corrected chi connectivity index (χ2v) is 4.38. The van der Waals surface area contributed by atoms with Crippen LogP contribution >= 0.6 is 15.9 Å². The van der Waals surface area contributed by atoms with E-state index in [0.29, 0.717) is 20.9 Å². The molecule has 0 saturated carbocycles. The zero-order valence-electron chi connectivity index (χ0n) is 8.96. The van der Waals surface area contributed by atoms with Gasteiger partial charge in [0.1, 0.15) is 11.9 Å². The first-order valence-corrected chi connectivity index (χ1v) is 5.64. The first-order chi connectivity index (χ1) is 8.06. The topological polar surface area (TPSA) is 68.1 Å². The number of benzene rings is 1. The molecule has 90 valence electrons. The molecule has 0 saturated heterocycles. The van der Waals surface area contributed by atoms with Crippen molar-refractivity contribution in [3.05, 3.63) is 34.2 Å². The van der Waals surface area contributed by atoms with Crippen molar-refractivity contribution >= 4 is 32.8 Å². The van der Waals surface area contributed by atoms with Crippen molar-refractivity contribution in [1.29, 1.82) is 0 Å². The molecule has 0 amide bonds. The Bertz CT molecular complexity index is 582. The molecule has 0 spiro atoms. The average Bonchev–Trinajstić information content (AvgIpc) is 2.77. The van der Waals surface area contributed by atoms with Crippen LogP contribution in [-0.4, -0.2) is 18.1 Å². The number of ether oxygens (including phenoxy) is 1. The molecule has 2 rings (SSSR count). The third-order valence-electron chi connectivity index (χ3n) is 2.55. The number of fused-ring (bicyclic) bond motifs is 1. The van der Waals surface area contributed by atoms with E-state index in [9.17, 15) is 9.18 Å². The Morgan fingerprint density at radius 1 is 1.59 bits per heavy atom. The summed E-state index contributed by atoms with van der Waals surface area (Å²) in [5, 5.41) is 0.558. The van der Waals surface area contributed by atoms with Crippen LogP contribution in [0.25, 0.3) is 10.9 Å². The Labute approximate surface area is 105 Å². The molecule has 3 N–H and O–H groups in total. The van der Waals surface area contributed by atoms with Gasteiger partial charge in [0.2, 0.25) is 0 Å². The maximum absolute atomic E-state index is 13.5. The van der Waals surface area contributed by atoms with Crippen molar-refractivity contribution < 1.29 is 13.9 Å². The molecular weight excluding hydrogens is 291 g/mol. The first kappa shape index (κ1) is 12.1. The van der Waals surface area contributed by atoms with E-state index in [2.05, 4.69) is 25.7 Å². The number of hydrogen-bond acceptors (Lipinski definition) is 3. The molecule has 0 bridgehead atoms. The Kier molecular flexibility index (Phi) is 3.17. The van der Waals surface area contributed by atoms with E-state index in [0.717, 1.165) is 0 Å². The molecule has 17 heavy (non-hydrogen) atoms. The summed E-state index contributed by atoms with van der Waals surface area (Å²) in [4.78, 5) is 14.1. The van der Waals surface area contributed by atoms with Crippen LogP contribution in [0.2, 0.25) is 0 Å². The maximum atomic E-state index is 13.5. The van der Waals surface area contributed by atoms with Crippen molar-refractivity contribution in [2.75, 3.05) is 7.11 Å². The van der Waals surface area contributed by atoms with Crippen molar-refractivity contribution in [3.8, 4) is 0 Å². The molecular formula is C11H10BrFN2O2. The summed E-state index contributed by atoms with van der Waals surface area (Å²) in [5.74, 6) is -0.964. The predicted molar refractivity (Wildman–Crippen MR) is 64.9 cm³/mol. The van der Waals surface area contributed by atoms with Gasteiger partial charge in [-0.15, -0.1) is 0 Å². The highest BCUT2D eigenvalue weighted by atomic mass is 79.9. The van der Waals surface area contributed by atoms with Crippen molar-refractivity contribution in [2.45, 2.75) is 6.04 Å². The number of methoxy groups -OCH3 is 1. The van der Waals surface area contributed by atoms with Gasteiger partial charge in [0.15, 0.2) is 0 Å². The van der Waals surface area contributed by atoms with Gasteiger partial charge in [-0.2, -0.15) is 0 Å². The van der Waals surface area contributed by atoms with Gasteiger partial charge in [-0.3, -0.25) is 4.79 Å². The van der Waals surface area contributed by atoms with Crippen LogP contribution in [-0.2, 0) is 9.53 Å². The predicted octanol–water partition coefficient (Wildman–Crippen LogP) is 2.24. The van der Waals surface area contributed by atoms with Crippen LogP contribution in [0.15, 0.2) is 22.8 Å². The number of carbonyl (C=O) groups is 1. The number of halogens is 2. The van der Waals surface area contributed by atoms with Crippen molar-refractivity contribution in [3.63, 3.8) is 0 Å². The van der Waals surface area contributed by atoms with Crippen LogP contribution in [0.4, 0.5) is 4.39 Å². The molecule has 1 heterocycles. The van der Waals surface area contributed by atoms with Gasteiger partial charge < -0.3 is 15.5 Å². The fourth-order valence-electron chi connectivity index (χ4n) is 1.70. The lowest BCUT2D eigenvalue weighted by atomic mass is 10.1.